The number of aromatic carboxylic acids is 1. The lowest BCUT2D eigenvalue weighted by molar-refractivity contribution is 0.0661. The summed E-state index contributed by atoms with van der Waals surface area (Å²) in [6.07, 6.45) is 2.51. The number of sulfonamides is 1. The first kappa shape index (κ1) is 14.9. The molecule has 0 amide bonds. The van der Waals surface area contributed by atoms with E-state index in [0.29, 0.717) is 4.60 Å². The Morgan fingerprint density at radius 2 is 2.00 bits per heavy atom. The number of carboxylic acids is 1. The number of nitrogens with one attached hydrogen (secondary N) is 1. The van der Waals surface area contributed by atoms with E-state index in [1.807, 2.05) is 0 Å². The maximum Gasteiger partial charge on any atom is 0.371 e. The van der Waals surface area contributed by atoms with Gasteiger partial charge in [-0.15, -0.1) is 0 Å². The van der Waals surface area contributed by atoms with Gasteiger partial charge in [-0.05, 0) is 31.9 Å². The molecule has 20 heavy (non-hydrogen) atoms. The minimum Gasteiger partial charge on any atom is -0.475 e. The highest BCUT2D eigenvalue weighted by atomic mass is 79.9. The summed E-state index contributed by atoms with van der Waals surface area (Å²) in [6, 6.07) is 0.890. The second-order valence-electron chi connectivity index (χ2n) is 3.38. The number of carboxylic acid groups (broad SMARTS) is 1. The number of aromatic nitrogens is 2. The van der Waals surface area contributed by atoms with Gasteiger partial charge in [0.15, 0.2) is 10.5 Å². The van der Waals surface area contributed by atoms with E-state index in [9.17, 15) is 13.2 Å². The van der Waals surface area contributed by atoms with Gasteiger partial charge < -0.3 is 9.52 Å². The molecule has 0 bridgehead atoms. The Balaban J connectivity index is 2.35. The van der Waals surface area contributed by atoms with Crippen molar-refractivity contribution in [3.63, 3.8) is 0 Å². The lowest BCUT2D eigenvalue weighted by Crippen LogP contribution is -2.14. The molecule has 0 spiro atoms. The van der Waals surface area contributed by atoms with Crippen LogP contribution in [0.15, 0.2) is 37.0 Å². The molecule has 2 aromatic heterocycles. The summed E-state index contributed by atoms with van der Waals surface area (Å²) in [5.74, 6) is -1.90. The summed E-state index contributed by atoms with van der Waals surface area (Å²) >= 11 is 5.92. The van der Waals surface area contributed by atoms with Crippen LogP contribution in [0.2, 0.25) is 0 Å². The topological polar surface area (TPSA) is 122 Å². The molecule has 0 radical (unpaired) electrons. The fourth-order valence-corrected chi connectivity index (χ4v) is 3.34. The van der Waals surface area contributed by atoms with Crippen molar-refractivity contribution >= 4 is 53.7 Å². The van der Waals surface area contributed by atoms with E-state index in [0.717, 1.165) is 6.07 Å². The molecule has 0 aromatic carbocycles. The first-order chi connectivity index (χ1) is 9.29. The lowest BCUT2D eigenvalue weighted by Gasteiger charge is -2.04. The van der Waals surface area contributed by atoms with Gasteiger partial charge in [-0.3, -0.25) is 4.72 Å². The van der Waals surface area contributed by atoms with E-state index in [4.69, 9.17) is 9.52 Å². The maximum atomic E-state index is 12.1. The second-order valence-corrected chi connectivity index (χ2v) is 6.57. The minimum absolute atomic E-state index is 0.0156. The number of hydrogen-bond acceptors (Lipinski definition) is 6. The van der Waals surface area contributed by atoms with Gasteiger partial charge in [0, 0.05) is 6.07 Å². The number of rotatable bonds is 4. The fraction of sp³-hybridized carbons (Fsp3) is 0. The molecule has 2 N–H and O–H groups in total. The predicted octanol–water partition coefficient (Wildman–Crippen LogP) is 2.09. The van der Waals surface area contributed by atoms with E-state index in [1.54, 1.807) is 0 Å². The molecule has 2 aromatic rings. The van der Waals surface area contributed by atoms with Gasteiger partial charge in [0.25, 0.3) is 10.0 Å². The van der Waals surface area contributed by atoms with Crippen molar-refractivity contribution in [3.8, 4) is 0 Å². The van der Waals surface area contributed by atoms with E-state index in [1.165, 1.54) is 12.4 Å². The molecule has 0 atom stereocenters. The van der Waals surface area contributed by atoms with Gasteiger partial charge in [0.1, 0.15) is 9.50 Å². The monoisotopic (exact) mass is 425 g/mol. The minimum atomic E-state index is -4.04. The van der Waals surface area contributed by atoms with E-state index >= 15 is 0 Å². The number of anilines is 1. The second kappa shape index (κ2) is 5.50. The van der Waals surface area contributed by atoms with Gasteiger partial charge >= 0.3 is 5.97 Å². The SMILES string of the molecule is O=C(O)c1cc(S(=O)(=O)Nc2cnc(Br)cn2)c(Br)o1. The largest absolute Gasteiger partial charge is 0.475 e. The van der Waals surface area contributed by atoms with Gasteiger partial charge in [-0.2, -0.15) is 0 Å². The Morgan fingerprint density at radius 3 is 2.50 bits per heavy atom. The highest BCUT2D eigenvalue weighted by Gasteiger charge is 2.25. The molecule has 0 aliphatic heterocycles. The standard InChI is InChI=1S/C9H5Br2N3O5S/c10-6-2-13-7(3-12-6)14-20(17,18)5-1-4(9(15)16)19-8(5)11/h1-3H,(H,13,14)(H,15,16). The third-order valence-corrected chi connectivity index (χ3v) is 4.64. The Hall–Kier alpha value is -1.46. The summed E-state index contributed by atoms with van der Waals surface area (Å²) in [5, 5.41) is 8.75. The van der Waals surface area contributed by atoms with Crippen molar-refractivity contribution in [3.05, 3.63) is 33.5 Å². The summed E-state index contributed by atoms with van der Waals surface area (Å²) < 4.78 is 31.3. The van der Waals surface area contributed by atoms with Crippen molar-refractivity contribution < 1.29 is 22.7 Å². The molecule has 11 heteroatoms. The van der Waals surface area contributed by atoms with Gasteiger partial charge in [-0.1, -0.05) is 0 Å². The highest BCUT2D eigenvalue weighted by molar-refractivity contribution is 9.10. The highest BCUT2D eigenvalue weighted by Crippen LogP contribution is 2.27. The molecule has 0 unspecified atom stereocenters. The summed E-state index contributed by atoms with van der Waals surface area (Å²) in [7, 11) is -4.04. The Bertz CT molecular complexity index is 756. The summed E-state index contributed by atoms with van der Waals surface area (Å²) in [4.78, 5) is 18.0. The molecule has 0 aliphatic carbocycles. The van der Waals surface area contributed by atoms with Crippen LogP contribution in [0, 0.1) is 0 Å². The number of nitrogens with zero attached hydrogens (tertiary/aromatic N) is 2. The quantitative estimate of drug-likeness (QED) is 0.767. The third kappa shape index (κ3) is 3.16. The van der Waals surface area contributed by atoms with Crippen LogP contribution >= 0.6 is 31.9 Å². The molecule has 0 aliphatic rings. The van der Waals surface area contributed by atoms with Crippen LogP contribution < -0.4 is 4.72 Å². The number of carbonyl (C=O) groups is 1. The zero-order valence-corrected chi connectivity index (χ0v) is 13.4. The molecular formula is C9H5Br2N3O5S. The van der Waals surface area contributed by atoms with Crippen LogP contribution in [0.3, 0.4) is 0 Å². The zero-order valence-electron chi connectivity index (χ0n) is 9.37. The fourth-order valence-electron chi connectivity index (χ4n) is 1.20. The third-order valence-electron chi connectivity index (χ3n) is 2.02. The molecule has 2 rings (SSSR count). The van der Waals surface area contributed by atoms with Gasteiger partial charge in [0.05, 0.1) is 12.4 Å². The van der Waals surface area contributed by atoms with Crippen molar-refractivity contribution in [2.75, 3.05) is 4.72 Å². The van der Waals surface area contributed by atoms with Crippen LogP contribution in [-0.4, -0.2) is 29.5 Å². The molecule has 106 valence electrons. The van der Waals surface area contributed by atoms with Crippen LogP contribution in [0.25, 0.3) is 0 Å². The number of hydrogen-bond donors (Lipinski definition) is 2. The Kier molecular flexibility index (Phi) is 4.11. The van der Waals surface area contributed by atoms with Crippen molar-refractivity contribution in [1.82, 2.24) is 9.97 Å². The Labute approximate surface area is 129 Å². The number of halogens is 2. The average Bonchev–Trinajstić information content (AvgIpc) is 2.75. The molecule has 2 heterocycles. The maximum absolute atomic E-state index is 12.1. The van der Waals surface area contributed by atoms with E-state index in [-0.39, 0.29) is 15.4 Å². The van der Waals surface area contributed by atoms with Crippen LogP contribution in [0.4, 0.5) is 5.82 Å². The molecule has 0 fully saturated rings. The van der Waals surface area contributed by atoms with Crippen LogP contribution in [-0.2, 0) is 10.0 Å². The lowest BCUT2D eigenvalue weighted by atomic mass is 10.5. The first-order valence-corrected chi connectivity index (χ1v) is 7.89. The number of furan rings is 1. The average molecular weight is 427 g/mol. The van der Waals surface area contributed by atoms with Crippen molar-refractivity contribution in [1.29, 1.82) is 0 Å². The zero-order chi connectivity index (χ0) is 14.9. The summed E-state index contributed by atoms with van der Waals surface area (Å²) in [6.45, 7) is 0. The summed E-state index contributed by atoms with van der Waals surface area (Å²) in [5.41, 5.74) is 0. The van der Waals surface area contributed by atoms with E-state index in [2.05, 4.69) is 46.5 Å². The molecular weight excluding hydrogens is 422 g/mol. The first-order valence-electron chi connectivity index (χ1n) is 4.82. The van der Waals surface area contributed by atoms with Crippen LogP contribution in [0.5, 0.6) is 0 Å². The van der Waals surface area contributed by atoms with Crippen molar-refractivity contribution in [2.24, 2.45) is 0 Å². The molecule has 0 saturated heterocycles. The van der Waals surface area contributed by atoms with Gasteiger partial charge in [0.2, 0.25) is 5.76 Å². The molecule has 0 saturated carbocycles. The molecule has 8 nitrogen and oxygen atoms in total. The van der Waals surface area contributed by atoms with Crippen LogP contribution in [0.1, 0.15) is 10.6 Å². The smallest absolute Gasteiger partial charge is 0.371 e. The van der Waals surface area contributed by atoms with Crippen molar-refractivity contribution in [2.45, 2.75) is 4.90 Å². The predicted molar refractivity (Wildman–Crippen MR) is 73.9 cm³/mol. The van der Waals surface area contributed by atoms with Gasteiger partial charge in [-0.25, -0.2) is 23.2 Å². The Morgan fingerprint density at radius 1 is 1.30 bits per heavy atom. The van der Waals surface area contributed by atoms with E-state index < -0.39 is 21.8 Å². The normalized spacial score (nSPS) is 11.3.